The quantitative estimate of drug-likeness (QED) is 0.853. The smallest absolute Gasteiger partial charge is 0.273 e. The van der Waals surface area contributed by atoms with E-state index < -0.39 is 5.60 Å². The normalized spacial score (nSPS) is 11.5. The second-order valence-electron chi connectivity index (χ2n) is 5.50. The molecule has 1 aromatic heterocycles. The highest BCUT2D eigenvalue weighted by Crippen LogP contribution is 2.13. The van der Waals surface area contributed by atoms with E-state index in [4.69, 9.17) is 0 Å². The lowest BCUT2D eigenvalue weighted by Gasteiger charge is -2.24. The van der Waals surface area contributed by atoms with E-state index in [2.05, 4.69) is 15.6 Å². The molecule has 0 aliphatic carbocycles. The van der Waals surface area contributed by atoms with Crippen molar-refractivity contribution in [3.8, 4) is 5.69 Å². The Balaban J connectivity index is 2.05. The van der Waals surface area contributed by atoms with Crippen molar-refractivity contribution < 1.29 is 9.90 Å². The Labute approximate surface area is 130 Å². The number of carbonyl (C=O) groups excluding carboxylic acids is 1. The summed E-state index contributed by atoms with van der Waals surface area (Å²) >= 11 is 0. The van der Waals surface area contributed by atoms with Crippen molar-refractivity contribution in [2.45, 2.75) is 39.2 Å². The third-order valence-electron chi connectivity index (χ3n) is 3.92. The molecule has 0 bridgehead atoms. The number of amides is 1. The topological polar surface area (TPSA) is 80.0 Å². The van der Waals surface area contributed by atoms with Crippen molar-refractivity contribution in [1.29, 1.82) is 0 Å². The minimum absolute atomic E-state index is 0.205. The predicted molar refractivity (Wildman–Crippen MR) is 84.0 cm³/mol. The summed E-state index contributed by atoms with van der Waals surface area (Å²) in [5.41, 5.74) is 1.36. The van der Waals surface area contributed by atoms with Crippen LogP contribution in [0.15, 0.2) is 30.5 Å². The molecule has 0 saturated heterocycles. The molecule has 0 aliphatic heterocycles. The molecule has 0 saturated carbocycles. The van der Waals surface area contributed by atoms with Gasteiger partial charge >= 0.3 is 0 Å². The van der Waals surface area contributed by atoms with E-state index in [0.29, 0.717) is 12.8 Å². The molecule has 6 heteroatoms. The molecule has 1 heterocycles. The second-order valence-corrected chi connectivity index (χ2v) is 5.50. The molecule has 0 aliphatic rings. The molecule has 118 valence electrons. The third kappa shape index (κ3) is 3.71. The molecule has 2 N–H and O–H groups in total. The summed E-state index contributed by atoms with van der Waals surface area (Å²) in [4.78, 5) is 12.1. The van der Waals surface area contributed by atoms with Gasteiger partial charge in [0.15, 0.2) is 5.69 Å². The molecule has 1 aromatic carbocycles. The maximum absolute atomic E-state index is 12.1. The first-order valence-corrected chi connectivity index (χ1v) is 7.47. The number of hydrogen-bond acceptors (Lipinski definition) is 4. The van der Waals surface area contributed by atoms with Gasteiger partial charge in [0.25, 0.3) is 5.91 Å². The lowest BCUT2D eigenvalue weighted by molar-refractivity contribution is 0.0313. The summed E-state index contributed by atoms with van der Waals surface area (Å²) in [5, 5.41) is 20.7. The molecule has 0 fully saturated rings. The van der Waals surface area contributed by atoms with Gasteiger partial charge in [-0.05, 0) is 31.9 Å². The number of rotatable bonds is 6. The average molecular weight is 302 g/mol. The number of aromatic nitrogens is 3. The Kier molecular flexibility index (Phi) is 4.92. The third-order valence-corrected chi connectivity index (χ3v) is 3.92. The highest BCUT2D eigenvalue weighted by molar-refractivity contribution is 5.91. The van der Waals surface area contributed by atoms with E-state index in [1.54, 1.807) is 10.9 Å². The van der Waals surface area contributed by atoms with E-state index in [0.717, 1.165) is 11.3 Å². The van der Waals surface area contributed by atoms with Crippen molar-refractivity contribution in [3.05, 3.63) is 41.7 Å². The summed E-state index contributed by atoms with van der Waals surface area (Å²) < 4.78 is 1.56. The van der Waals surface area contributed by atoms with Gasteiger partial charge in [0.2, 0.25) is 0 Å². The standard InChI is InChI=1S/C16H22N4O2/c1-4-16(22,5-2)11-17-15(21)14-10-20(19-18-14)13-8-6-12(3)7-9-13/h6-10,22H,4-5,11H2,1-3H3,(H,17,21). The van der Waals surface area contributed by atoms with Crippen LogP contribution in [0.4, 0.5) is 0 Å². The molecule has 22 heavy (non-hydrogen) atoms. The van der Waals surface area contributed by atoms with Crippen LogP contribution < -0.4 is 5.32 Å². The van der Waals surface area contributed by atoms with Gasteiger partial charge < -0.3 is 10.4 Å². The summed E-state index contributed by atoms with van der Waals surface area (Å²) in [7, 11) is 0. The van der Waals surface area contributed by atoms with Crippen LogP contribution in [-0.2, 0) is 0 Å². The number of hydrogen-bond donors (Lipinski definition) is 2. The molecule has 0 unspecified atom stereocenters. The fourth-order valence-electron chi connectivity index (χ4n) is 2.03. The van der Waals surface area contributed by atoms with Crippen LogP contribution in [0.25, 0.3) is 5.69 Å². The summed E-state index contributed by atoms with van der Waals surface area (Å²) in [6, 6.07) is 7.77. The zero-order valence-corrected chi connectivity index (χ0v) is 13.2. The monoisotopic (exact) mass is 302 g/mol. The van der Waals surface area contributed by atoms with Crippen molar-refractivity contribution in [2.24, 2.45) is 0 Å². The van der Waals surface area contributed by atoms with Gasteiger partial charge in [-0.15, -0.1) is 5.10 Å². The molecule has 0 spiro atoms. The Bertz CT molecular complexity index is 630. The first-order valence-electron chi connectivity index (χ1n) is 7.47. The maximum atomic E-state index is 12.1. The van der Waals surface area contributed by atoms with Crippen molar-refractivity contribution in [1.82, 2.24) is 20.3 Å². The summed E-state index contributed by atoms with van der Waals surface area (Å²) in [6.07, 6.45) is 2.75. The first-order chi connectivity index (χ1) is 10.5. The van der Waals surface area contributed by atoms with Crippen LogP contribution >= 0.6 is 0 Å². The molecule has 2 aromatic rings. The van der Waals surface area contributed by atoms with Gasteiger partial charge in [0, 0.05) is 6.54 Å². The SMILES string of the molecule is CCC(O)(CC)CNC(=O)c1cn(-c2ccc(C)cc2)nn1. The van der Waals surface area contributed by atoms with Crippen LogP contribution in [0.5, 0.6) is 0 Å². The van der Waals surface area contributed by atoms with Crippen LogP contribution in [0.2, 0.25) is 0 Å². The second kappa shape index (κ2) is 6.70. The fourth-order valence-corrected chi connectivity index (χ4v) is 2.03. The van der Waals surface area contributed by atoms with Gasteiger partial charge in [-0.2, -0.15) is 0 Å². The number of carbonyl (C=O) groups is 1. The molecular formula is C16H22N4O2. The zero-order valence-electron chi connectivity index (χ0n) is 13.2. The molecule has 2 rings (SSSR count). The minimum Gasteiger partial charge on any atom is -0.388 e. The van der Waals surface area contributed by atoms with Gasteiger partial charge in [0.1, 0.15) is 0 Å². The molecule has 1 amide bonds. The van der Waals surface area contributed by atoms with Gasteiger partial charge in [-0.1, -0.05) is 36.8 Å². The lowest BCUT2D eigenvalue weighted by Crippen LogP contribution is -2.42. The predicted octanol–water partition coefficient (Wildman–Crippen LogP) is 1.86. The first kappa shape index (κ1) is 16.2. The van der Waals surface area contributed by atoms with Gasteiger partial charge in [-0.3, -0.25) is 4.79 Å². The Morgan fingerprint density at radius 1 is 1.27 bits per heavy atom. The highest BCUT2D eigenvalue weighted by atomic mass is 16.3. The Morgan fingerprint density at radius 3 is 2.50 bits per heavy atom. The number of nitrogens with one attached hydrogen (secondary N) is 1. The van der Waals surface area contributed by atoms with E-state index >= 15 is 0 Å². The molecule has 6 nitrogen and oxygen atoms in total. The van der Waals surface area contributed by atoms with E-state index in [1.165, 1.54) is 0 Å². The van der Waals surface area contributed by atoms with Crippen molar-refractivity contribution in [3.63, 3.8) is 0 Å². The van der Waals surface area contributed by atoms with E-state index in [-0.39, 0.29) is 18.1 Å². The Morgan fingerprint density at radius 2 is 1.91 bits per heavy atom. The van der Waals surface area contributed by atoms with Crippen LogP contribution in [0.3, 0.4) is 0 Å². The Hall–Kier alpha value is -2.21. The number of aryl methyl sites for hydroxylation is 1. The van der Waals surface area contributed by atoms with Gasteiger partial charge in [-0.25, -0.2) is 4.68 Å². The van der Waals surface area contributed by atoms with Gasteiger partial charge in [0.05, 0.1) is 17.5 Å². The zero-order chi connectivity index (χ0) is 16.2. The number of benzene rings is 1. The van der Waals surface area contributed by atoms with Crippen LogP contribution in [0, 0.1) is 6.92 Å². The maximum Gasteiger partial charge on any atom is 0.273 e. The summed E-state index contributed by atoms with van der Waals surface area (Å²) in [6.45, 7) is 6.00. The number of aliphatic hydroxyl groups is 1. The molecule has 0 atom stereocenters. The minimum atomic E-state index is -0.872. The molecule has 0 radical (unpaired) electrons. The lowest BCUT2D eigenvalue weighted by atomic mass is 9.97. The van der Waals surface area contributed by atoms with E-state index in [9.17, 15) is 9.90 Å². The summed E-state index contributed by atoms with van der Waals surface area (Å²) in [5.74, 6) is -0.335. The average Bonchev–Trinajstić information content (AvgIpc) is 3.03. The van der Waals surface area contributed by atoms with Crippen molar-refractivity contribution in [2.75, 3.05) is 6.54 Å². The number of nitrogens with zero attached hydrogens (tertiary/aromatic N) is 3. The molecular weight excluding hydrogens is 280 g/mol. The van der Waals surface area contributed by atoms with Crippen LogP contribution in [0.1, 0.15) is 42.7 Å². The van der Waals surface area contributed by atoms with Crippen LogP contribution in [-0.4, -0.2) is 38.2 Å². The van der Waals surface area contributed by atoms with E-state index in [1.807, 2.05) is 45.0 Å². The fraction of sp³-hybridized carbons (Fsp3) is 0.438. The van der Waals surface area contributed by atoms with Crippen molar-refractivity contribution >= 4 is 5.91 Å². The largest absolute Gasteiger partial charge is 0.388 e. The highest BCUT2D eigenvalue weighted by Gasteiger charge is 2.23.